The van der Waals surface area contributed by atoms with Crippen LogP contribution in [0.25, 0.3) is 11.3 Å². The number of methoxy groups -OCH3 is 1. The minimum absolute atomic E-state index is 0.238. The number of rotatable bonds is 7. The molecular weight excluding hydrogens is 284 g/mol. The van der Waals surface area contributed by atoms with Crippen LogP contribution in [0.4, 0.5) is 10.7 Å². The molecule has 0 spiro atoms. The van der Waals surface area contributed by atoms with Crippen molar-refractivity contribution in [1.82, 2.24) is 5.16 Å². The van der Waals surface area contributed by atoms with Crippen LogP contribution in [0, 0.1) is 0 Å². The Balaban J connectivity index is 1.94. The largest absolute Gasteiger partial charge is 0.494 e. The maximum absolute atomic E-state index is 11.1. The fourth-order valence-corrected chi connectivity index (χ4v) is 1.89. The molecule has 0 atom stereocenters. The Morgan fingerprint density at radius 3 is 2.73 bits per heavy atom. The number of carbonyl (C=O) groups excluding carboxylic acids is 1. The second kappa shape index (κ2) is 8.07. The lowest BCUT2D eigenvalue weighted by molar-refractivity contribution is 0.186. The third-order valence-electron chi connectivity index (χ3n) is 3.09. The van der Waals surface area contributed by atoms with Gasteiger partial charge in [-0.1, -0.05) is 24.9 Å². The van der Waals surface area contributed by atoms with Crippen LogP contribution in [0.3, 0.4) is 0 Å². The Morgan fingerprint density at radius 2 is 2.05 bits per heavy atom. The van der Waals surface area contributed by atoms with Crippen molar-refractivity contribution >= 4 is 12.0 Å². The first-order valence-corrected chi connectivity index (χ1v) is 7.28. The summed E-state index contributed by atoms with van der Waals surface area (Å²) in [7, 11) is 1.28. The molecule has 22 heavy (non-hydrogen) atoms. The number of hydrogen-bond acceptors (Lipinski definition) is 5. The zero-order chi connectivity index (χ0) is 15.8. The van der Waals surface area contributed by atoms with Crippen molar-refractivity contribution in [3.63, 3.8) is 0 Å². The SMILES string of the molecule is CCCCCOc1ccc(-c2cc(NC(=O)OC)on2)cc1. The number of unbranched alkanes of at least 4 members (excludes halogenated alkanes) is 2. The number of carbonyl (C=O) groups is 1. The molecule has 0 saturated carbocycles. The molecular formula is C16H20N2O4. The van der Waals surface area contributed by atoms with Crippen LogP contribution in [-0.4, -0.2) is 25.0 Å². The molecule has 0 radical (unpaired) electrons. The van der Waals surface area contributed by atoms with Gasteiger partial charge in [-0.25, -0.2) is 4.79 Å². The van der Waals surface area contributed by atoms with Crippen molar-refractivity contribution < 1.29 is 18.8 Å². The van der Waals surface area contributed by atoms with Gasteiger partial charge in [0.05, 0.1) is 13.7 Å². The molecule has 1 aromatic heterocycles. The summed E-state index contributed by atoms with van der Waals surface area (Å²) in [6.07, 6.45) is 2.81. The van der Waals surface area contributed by atoms with Gasteiger partial charge < -0.3 is 14.0 Å². The van der Waals surface area contributed by atoms with E-state index in [-0.39, 0.29) is 5.88 Å². The maximum atomic E-state index is 11.1. The van der Waals surface area contributed by atoms with Crippen molar-refractivity contribution in [2.75, 3.05) is 19.0 Å². The van der Waals surface area contributed by atoms with Gasteiger partial charge in [-0.3, -0.25) is 5.32 Å². The molecule has 0 saturated heterocycles. The van der Waals surface area contributed by atoms with Crippen molar-refractivity contribution in [2.24, 2.45) is 0 Å². The number of nitrogens with one attached hydrogen (secondary N) is 1. The Bertz CT molecular complexity index is 592. The van der Waals surface area contributed by atoms with Crippen molar-refractivity contribution in [3.8, 4) is 17.0 Å². The second-order valence-corrected chi connectivity index (χ2v) is 4.77. The van der Waals surface area contributed by atoms with Gasteiger partial charge in [-0.2, -0.15) is 0 Å². The summed E-state index contributed by atoms with van der Waals surface area (Å²) in [5.41, 5.74) is 1.51. The monoisotopic (exact) mass is 304 g/mol. The average molecular weight is 304 g/mol. The van der Waals surface area contributed by atoms with E-state index in [4.69, 9.17) is 9.26 Å². The van der Waals surface area contributed by atoms with Crippen LogP contribution in [-0.2, 0) is 4.74 Å². The summed E-state index contributed by atoms with van der Waals surface area (Å²) < 4.78 is 15.2. The maximum Gasteiger partial charge on any atom is 0.413 e. The smallest absolute Gasteiger partial charge is 0.413 e. The third kappa shape index (κ3) is 4.51. The highest BCUT2D eigenvalue weighted by atomic mass is 16.5. The first kappa shape index (κ1) is 15.9. The topological polar surface area (TPSA) is 73.6 Å². The van der Waals surface area contributed by atoms with E-state index in [1.54, 1.807) is 6.07 Å². The number of anilines is 1. The highest BCUT2D eigenvalue weighted by molar-refractivity contribution is 5.83. The van der Waals surface area contributed by atoms with Crippen LogP contribution in [0.15, 0.2) is 34.9 Å². The van der Waals surface area contributed by atoms with Gasteiger partial charge in [0, 0.05) is 11.6 Å². The normalized spacial score (nSPS) is 10.3. The highest BCUT2D eigenvalue weighted by Crippen LogP contribution is 2.24. The molecule has 0 bridgehead atoms. The van der Waals surface area contributed by atoms with E-state index >= 15 is 0 Å². The van der Waals surface area contributed by atoms with E-state index in [2.05, 4.69) is 22.1 Å². The Morgan fingerprint density at radius 1 is 1.27 bits per heavy atom. The molecule has 1 amide bonds. The Hall–Kier alpha value is -2.50. The molecule has 1 heterocycles. The molecule has 0 aliphatic carbocycles. The molecule has 118 valence electrons. The van der Waals surface area contributed by atoms with E-state index in [0.717, 1.165) is 24.3 Å². The van der Waals surface area contributed by atoms with E-state index < -0.39 is 6.09 Å². The van der Waals surface area contributed by atoms with Crippen LogP contribution in [0.2, 0.25) is 0 Å². The first-order chi connectivity index (χ1) is 10.7. The molecule has 2 rings (SSSR count). The molecule has 6 nitrogen and oxygen atoms in total. The summed E-state index contributed by atoms with van der Waals surface area (Å²) in [5.74, 6) is 1.07. The lowest BCUT2D eigenvalue weighted by Crippen LogP contribution is -2.09. The van der Waals surface area contributed by atoms with Gasteiger partial charge in [-0.15, -0.1) is 0 Å². The molecule has 0 aliphatic rings. The van der Waals surface area contributed by atoms with Crippen molar-refractivity contribution in [1.29, 1.82) is 0 Å². The summed E-state index contributed by atoms with van der Waals surface area (Å²) >= 11 is 0. The average Bonchev–Trinajstić information content (AvgIpc) is 3.00. The van der Waals surface area contributed by atoms with E-state index in [0.29, 0.717) is 5.69 Å². The minimum atomic E-state index is -0.599. The predicted octanol–water partition coefficient (Wildman–Crippen LogP) is 4.09. The van der Waals surface area contributed by atoms with Crippen LogP contribution >= 0.6 is 0 Å². The highest BCUT2D eigenvalue weighted by Gasteiger charge is 2.09. The van der Waals surface area contributed by atoms with Crippen LogP contribution in [0.1, 0.15) is 26.2 Å². The molecule has 6 heteroatoms. The molecule has 1 aromatic carbocycles. The van der Waals surface area contributed by atoms with Crippen molar-refractivity contribution in [3.05, 3.63) is 30.3 Å². The van der Waals surface area contributed by atoms with Gasteiger partial charge >= 0.3 is 6.09 Å². The number of ether oxygens (including phenoxy) is 2. The fourth-order valence-electron chi connectivity index (χ4n) is 1.89. The summed E-state index contributed by atoms with van der Waals surface area (Å²) in [5, 5.41) is 6.32. The Labute approximate surface area is 129 Å². The van der Waals surface area contributed by atoms with Gasteiger partial charge in [-0.05, 0) is 30.7 Å². The van der Waals surface area contributed by atoms with Crippen LogP contribution < -0.4 is 10.1 Å². The van der Waals surface area contributed by atoms with Gasteiger partial charge in [0.1, 0.15) is 11.4 Å². The summed E-state index contributed by atoms with van der Waals surface area (Å²) in [4.78, 5) is 11.1. The van der Waals surface area contributed by atoms with Gasteiger partial charge in [0.25, 0.3) is 0 Å². The lowest BCUT2D eigenvalue weighted by Gasteiger charge is -2.05. The number of nitrogens with zero attached hydrogens (tertiary/aromatic N) is 1. The van der Waals surface area contributed by atoms with E-state index in [1.807, 2.05) is 24.3 Å². The predicted molar refractivity (Wildman–Crippen MR) is 83.0 cm³/mol. The zero-order valence-corrected chi connectivity index (χ0v) is 12.8. The zero-order valence-electron chi connectivity index (χ0n) is 12.8. The first-order valence-electron chi connectivity index (χ1n) is 7.28. The Kier molecular flexibility index (Phi) is 5.82. The molecule has 0 unspecified atom stereocenters. The third-order valence-corrected chi connectivity index (χ3v) is 3.09. The molecule has 0 fully saturated rings. The van der Waals surface area contributed by atoms with Crippen LogP contribution in [0.5, 0.6) is 5.75 Å². The molecule has 0 aliphatic heterocycles. The number of benzene rings is 1. The van der Waals surface area contributed by atoms with E-state index in [1.165, 1.54) is 20.0 Å². The number of hydrogen-bond donors (Lipinski definition) is 1. The standard InChI is InChI=1S/C16H20N2O4/c1-3-4-5-10-21-13-8-6-12(7-9-13)14-11-15(22-18-14)17-16(19)20-2/h6-9,11H,3-5,10H2,1-2H3,(H,17,19). The minimum Gasteiger partial charge on any atom is -0.494 e. The second-order valence-electron chi connectivity index (χ2n) is 4.77. The van der Waals surface area contributed by atoms with Gasteiger partial charge in [0.15, 0.2) is 0 Å². The summed E-state index contributed by atoms with van der Waals surface area (Å²) in [6.45, 7) is 2.89. The molecule has 2 aromatic rings. The number of amides is 1. The van der Waals surface area contributed by atoms with Gasteiger partial charge in [0.2, 0.25) is 5.88 Å². The number of aromatic nitrogens is 1. The van der Waals surface area contributed by atoms with E-state index in [9.17, 15) is 4.79 Å². The fraction of sp³-hybridized carbons (Fsp3) is 0.375. The summed E-state index contributed by atoms with van der Waals surface area (Å²) in [6, 6.07) is 9.21. The lowest BCUT2D eigenvalue weighted by atomic mass is 10.1. The molecule has 1 N–H and O–H groups in total. The van der Waals surface area contributed by atoms with Crippen molar-refractivity contribution in [2.45, 2.75) is 26.2 Å². The quantitative estimate of drug-likeness (QED) is 0.780.